The fourth-order valence-corrected chi connectivity index (χ4v) is 2.57. The lowest BCUT2D eigenvalue weighted by Gasteiger charge is -2.37. The van der Waals surface area contributed by atoms with Crippen LogP contribution in [-0.4, -0.2) is 40.3 Å². The summed E-state index contributed by atoms with van der Waals surface area (Å²) in [5.74, 6) is -0.689. The second kappa shape index (κ2) is 6.00. The molecule has 0 bridgehead atoms. The fraction of sp³-hybridized carbons (Fsp3) is 0.500. The van der Waals surface area contributed by atoms with Crippen molar-refractivity contribution in [2.75, 3.05) is 6.54 Å². The van der Waals surface area contributed by atoms with Gasteiger partial charge in [-0.25, -0.2) is 0 Å². The Labute approximate surface area is 118 Å². The summed E-state index contributed by atoms with van der Waals surface area (Å²) >= 11 is 0. The minimum absolute atomic E-state index is 0.0499. The van der Waals surface area contributed by atoms with Gasteiger partial charge >= 0.3 is 0 Å². The largest absolute Gasteiger partial charge is 0.366 e. The van der Waals surface area contributed by atoms with Crippen molar-refractivity contribution in [3.63, 3.8) is 0 Å². The van der Waals surface area contributed by atoms with Gasteiger partial charge in [0, 0.05) is 24.8 Å². The number of rotatable bonds is 3. The van der Waals surface area contributed by atoms with Gasteiger partial charge in [-0.2, -0.15) is 0 Å². The molecule has 2 rings (SSSR count). The van der Waals surface area contributed by atoms with Gasteiger partial charge in [0.2, 0.25) is 5.91 Å². The molecule has 1 fully saturated rings. The van der Waals surface area contributed by atoms with Crippen molar-refractivity contribution in [3.8, 4) is 0 Å². The number of hydrogen-bond donors (Lipinski definition) is 2. The molecule has 0 aromatic carbocycles. The summed E-state index contributed by atoms with van der Waals surface area (Å²) in [6, 6.07) is 3.04. The van der Waals surface area contributed by atoms with Crippen LogP contribution in [0.5, 0.6) is 0 Å². The maximum absolute atomic E-state index is 12.5. The summed E-state index contributed by atoms with van der Waals surface area (Å²) in [6.45, 7) is 2.62. The molecule has 2 amide bonds. The van der Waals surface area contributed by atoms with E-state index in [4.69, 9.17) is 11.5 Å². The minimum Gasteiger partial charge on any atom is -0.366 e. The van der Waals surface area contributed by atoms with Crippen LogP contribution in [0.25, 0.3) is 0 Å². The van der Waals surface area contributed by atoms with Crippen LogP contribution in [0.15, 0.2) is 18.3 Å². The zero-order valence-corrected chi connectivity index (χ0v) is 11.6. The van der Waals surface area contributed by atoms with Crippen molar-refractivity contribution in [1.29, 1.82) is 0 Å². The van der Waals surface area contributed by atoms with Gasteiger partial charge in [0.05, 0.1) is 5.56 Å². The number of hydrogen-bond acceptors (Lipinski definition) is 4. The average molecular weight is 276 g/mol. The van der Waals surface area contributed by atoms with E-state index in [2.05, 4.69) is 4.98 Å². The molecule has 1 aliphatic rings. The number of piperidine rings is 1. The normalized spacial score (nSPS) is 20.5. The lowest BCUT2D eigenvalue weighted by Crippen LogP contribution is -2.51. The quantitative estimate of drug-likeness (QED) is 0.840. The first-order valence-corrected chi connectivity index (χ1v) is 6.83. The van der Waals surface area contributed by atoms with E-state index in [0.717, 1.165) is 19.3 Å². The topological polar surface area (TPSA) is 102 Å². The monoisotopic (exact) mass is 276 g/mol. The third-order valence-electron chi connectivity index (χ3n) is 3.68. The van der Waals surface area contributed by atoms with E-state index >= 15 is 0 Å². The number of likely N-dealkylation sites (tertiary alicyclic amines) is 1. The van der Waals surface area contributed by atoms with Crippen LogP contribution in [0.3, 0.4) is 0 Å². The van der Waals surface area contributed by atoms with Crippen molar-refractivity contribution in [1.82, 2.24) is 9.88 Å². The van der Waals surface area contributed by atoms with E-state index in [-0.39, 0.29) is 18.0 Å². The summed E-state index contributed by atoms with van der Waals surface area (Å²) < 4.78 is 0. The summed E-state index contributed by atoms with van der Waals surface area (Å²) in [7, 11) is 0. The molecule has 0 unspecified atom stereocenters. The SMILES string of the molecule is C[C@@H](N)[C@H]1CCCCN1C(=O)c1ccc(C(N)=O)cn1. The number of nitrogens with zero attached hydrogens (tertiary/aromatic N) is 2. The lowest BCUT2D eigenvalue weighted by molar-refractivity contribution is 0.0577. The summed E-state index contributed by atoms with van der Waals surface area (Å²) in [5, 5.41) is 0. The van der Waals surface area contributed by atoms with Gasteiger partial charge in [-0.05, 0) is 38.3 Å². The van der Waals surface area contributed by atoms with Gasteiger partial charge in [0.1, 0.15) is 5.69 Å². The Bertz CT molecular complexity index is 498. The van der Waals surface area contributed by atoms with E-state index in [1.54, 1.807) is 4.90 Å². The number of carbonyl (C=O) groups is 2. The number of carbonyl (C=O) groups excluding carboxylic acids is 2. The van der Waals surface area contributed by atoms with Gasteiger partial charge in [0.25, 0.3) is 5.91 Å². The number of amides is 2. The van der Waals surface area contributed by atoms with Crippen molar-refractivity contribution >= 4 is 11.8 Å². The predicted molar refractivity (Wildman–Crippen MR) is 75.1 cm³/mol. The van der Waals surface area contributed by atoms with E-state index < -0.39 is 5.91 Å². The maximum Gasteiger partial charge on any atom is 0.272 e. The Balaban J connectivity index is 2.18. The molecule has 6 nitrogen and oxygen atoms in total. The molecule has 0 aliphatic carbocycles. The Kier molecular flexibility index (Phi) is 4.34. The van der Waals surface area contributed by atoms with Crippen LogP contribution in [0.1, 0.15) is 47.0 Å². The molecule has 0 spiro atoms. The predicted octanol–water partition coefficient (Wildman–Crippen LogP) is 0.522. The standard InChI is InChI=1S/C14H20N4O2/c1-9(15)12-4-2-3-7-18(12)14(20)11-6-5-10(8-17-11)13(16)19/h5-6,8-9,12H,2-4,7,15H2,1H3,(H2,16,19)/t9-,12-/m1/s1. The highest BCUT2D eigenvalue weighted by Crippen LogP contribution is 2.21. The van der Waals surface area contributed by atoms with Crippen LogP contribution >= 0.6 is 0 Å². The molecular weight excluding hydrogens is 256 g/mol. The zero-order valence-electron chi connectivity index (χ0n) is 11.6. The molecule has 1 saturated heterocycles. The molecule has 0 saturated carbocycles. The molecule has 0 radical (unpaired) electrons. The van der Waals surface area contributed by atoms with Crippen molar-refractivity contribution < 1.29 is 9.59 Å². The minimum atomic E-state index is -0.553. The van der Waals surface area contributed by atoms with Gasteiger partial charge in [-0.15, -0.1) is 0 Å². The van der Waals surface area contributed by atoms with Crippen molar-refractivity contribution in [3.05, 3.63) is 29.6 Å². The van der Waals surface area contributed by atoms with Crippen LogP contribution < -0.4 is 11.5 Å². The molecule has 1 aromatic rings. The average Bonchev–Trinajstić information content (AvgIpc) is 2.46. The van der Waals surface area contributed by atoms with Crippen molar-refractivity contribution in [2.24, 2.45) is 11.5 Å². The van der Waals surface area contributed by atoms with E-state index in [1.165, 1.54) is 18.3 Å². The highest BCUT2D eigenvalue weighted by molar-refractivity contribution is 5.95. The number of primary amides is 1. The molecule has 108 valence electrons. The first-order valence-electron chi connectivity index (χ1n) is 6.83. The smallest absolute Gasteiger partial charge is 0.272 e. The Hall–Kier alpha value is -1.95. The summed E-state index contributed by atoms with van der Waals surface area (Å²) in [4.78, 5) is 29.3. The summed E-state index contributed by atoms with van der Waals surface area (Å²) in [6.07, 6.45) is 4.32. The Morgan fingerprint density at radius 2 is 2.15 bits per heavy atom. The number of pyridine rings is 1. The van der Waals surface area contributed by atoms with Crippen LogP contribution in [-0.2, 0) is 0 Å². The highest BCUT2D eigenvalue weighted by Gasteiger charge is 2.30. The van der Waals surface area contributed by atoms with Gasteiger partial charge in [-0.3, -0.25) is 14.6 Å². The number of aromatic nitrogens is 1. The van der Waals surface area contributed by atoms with Crippen LogP contribution in [0, 0.1) is 0 Å². The Morgan fingerprint density at radius 1 is 1.40 bits per heavy atom. The highest BCUT2D eigenvalue weighted by atomic mass is 16.2. The second-order valence-electron chi connectivity index (χ2n) is 5.22. The fourth-order valence-electron chi connectivity index (χ4n) is 2.57. The van der Waals surface area contributed by atoms with E-state index in [0.29, 0.717) is 17.8 Å². The third-order valence-corrected chi connectivity index (χ3v) is 3.68. The molecule has 1 aromatic heterocycles. The first-order chi connectivity index (χ1) is 9.50. The molecule has 6 heteroatoms. The Morgan fingerprint density at radius 3 is 2.70 bits per heavy atom. The van der Waals surface area contributed by atoms with E-state index in [9.17, 15) is 9.59 Å². The third kappa shape index (κ3) is 2.96. The van der Waals surface area contributed by atoms with Crippen LogP contribution in [0.2, 0.25) is 0 Å². The van der Waals surface area contributed by atoms with Gasteiger partial charge < -0.3 is 16.4 Å². The first kappa shape index (κ1) is 14.5. The van der Waals surface area contributed by atoms with Crippen LogP contribution in [0.4, 0.5) is 0 Å². The van der Waals surface area contributed by atoms with E-state index in [1.807, 2.05) is 6.92 Å². The van der Waals surface area contributed by atoms with Gasteiger partial charge in [0.15, 0.2) is 0 Å². The maximum atomic E-state index is 12.5. The molecule has 2 heterocycles. The number of nitrogens with two attached hydrogens (primary N) is 2. The molecule has 1 aliphatic heterocycles. The molecule has 4 N–H and O–H groups in total. The molecule has 2 atom stereocenters. The molecule has 20 heavy (non-hydrogen) atoms. The second-order valence-corrected chi connectivity index (χ2v) is 5.22. The molecular formula is C14H20N4O2. The lowest BCUT2D eigenvalue weighted by atomic mass is 9.96. The van der Waals surface area contributed by atoms with Gasteiger partial charge in [-0.1, -0.05) is 0 Å². The van der Waals surface area contributed by atoms with Crippen molar-refractivity contribution in [2.45, 2.75) is 38.3 Å². The zero-order chi connectivity index (χ0) is 14.7. The summed E-state index contributed by atoms with van der Waals surface area (Å²) in [5.41, 5.74) is 11.7.